The lowest BCUT2D eigenvalue weighted by Gasteiger charge is -2.23. The molecular formula is C10H22N2O. The number of hydrogen-bond acceptors (Lipinski definition) is 2. The van der Waals surface area contributed by atoms with E-state index in [9.17, 15) is 4.79 Å². The molecule has 1 amide bonds. The molecule has 0 aromatic heterocycles. The molecule has 0 saturated heterocycles. The Labute approximate surface area is 81.3 Å². The first-order valence-electron chi connectivity index (χ1n) is 4.68. The zero-order valence-electron chi connectivity index (χ0n) is 9.42. The molecule has 3 heteroatoms. The molecule has 0 aromatic carbocycles. The molecule has 0 radical (unpaired) electrons. The van der Waals surface area contributed by atoms with Crippen molar-refractivity contribution in [3.05, 3.63) is 0 Å². The highest BCUT2D eigenvalue weighted by Gasteiger charge is 2.18. The van der Waals surface area contributed by atoms with Crippen LogP contribution in [0.1, 0.15) is 33.6 Å². The Morgan fingerprint density at radius 1 is 1.38 bits per heavy atom. The van der Waals surface area contributed by atoms with E-state index in [1.165, 1.54) is 0 Å². The van der Waals surface area contributed by atoms with Crippen molar-refractivity contribution in [3.8, 4) is 0 Å². The largest absolute Gasteiger partial charge is 0.349 e. The summed E-state index contributed by atoms with van der Waals surface area (Å²) >= 11 is 0. The van der Waals surface area contributed by atoms with Crippen molar-refractivity contribution in [1.82, 2.24) is 4.90 Å². The Kier molecular flexibility index (Phi) is 4.40. The highest BCUT2D eigenvalue weighted by molar-refractivity contribution is 5.76. The summed E-state index contributed by atoms with van der Waals surface area (Å²) in [6.07, 6.45) is 1.33. The molecule has 0 rings (SSSR count). The van der Waals surface area contributed by atoms with Crippen molar-refractivity contribution in [2.75, 3.05) is 14.1 Å². The Bertz CT molecular complexity index is 170. The molecule has 0 saturated carbocycles. The molecule has 1 atom stereocenters. The molecule has 0 aliphatic heterocycles. The summed E-state index contributed by atoms with van der Waals surface area (Å²) in [5.74, 6) is 0.108. The third-order valence-corrected chi connectivity index (χ3v) is 1.81. The van der Waals surface area contributed by atoms with Gasteiger partial charge in [0.1, 0.15) is 0 Å². The van der Waals surface area contributed by atoms with Gasteiger partial charge in [-0.05, 0) is 11.8 Å². The fourth-order valence-electron chi connectivity index (χ4n) is 1.27. The molecule has 0 fully saturated rings. The van der Waals surface area contributed by atoms with Gasteiger partial charge in [-0.3, -0.25) is 4.79 Å². The van der Waals surface area contributed by atoms with Gasteiger partial charge in [-0.25, -0.2) is 0 Å². The third-order valence-electron chi connectivity index (χ3n) is 1.81. The van der Waals surface area contributed by atoms with Crippen LogP contribution in [0.25, 0.3) is 0 Å². The first kappa shape index (κ1) is 12.4. The Hall–Kier alpha value is -0.570. The molecule has 0 aromatic rings. The summed E-state index contributed by atoms with van der Waals surface area (Å²) in [5, 5.41) is 0. The summed E-state index contributed by atoms with van der Waals surface area (Å²) < 4.78 is 0. The summed E-state index contributed by atoms with van der Waals surface area (Å²) in [7, 11) is 3.51. The molecule has 0 aliphatic rings. The van der Waals surface area contributed by atoms with Crippen LogP contribution in [0.3, 0.4) is 0 Å². The van der Waals surface area contributed by atoms with Crippen LogP contribution in [0.2, 0.25) is 0 Å². The van der Waals surface area contributed by atoms with Crippen LogP contribution in [0, 0.1) is 5.41 Å². The second kappa shape index (κ2) is 4.61. The predicted molar refractivity (Wildman–Crippen MR) is 55.4 cm³/mol. The van der Waals surface area contributed by atoms with Gasteiger partial charge in [-0.1, -0.05) is 20.8 Å². The first-order valence-corrected chi connectivity index (χ1v) is 4.68. The van der Waals surface area contributed by atoms with E-state index in [4.69, 9.17) is 5.73 Å². The lowest BCUT2D eigenvalue weighted by Crippen LogP contribution is -2.33. The minimum atomic E-state index is -0.0186. The summed E-state index contributed by atoms with van der Waals surface area (Å²) in [6, 6.07) is -0.0186. The minimum absolute atomic E-state index is 0.0186. The number of nitrogens with zero attached hydrogens (tertiary/aromatic N) is 1. The van der Waals surface area contributed by atoms with Crippen LogP contribution in [0.4, 0.5) is 0 Å². The third kappa shape index (κ3) is 6.58. The molecule has 3 nitrogen and oxygen atoms in total. The van der Waals surface area contributed by atoms with Gasteiger partial charge in [0.05, 0.1) is 0 Å². The quantitative estimate of drug-likeness (QED) is 0.720. The smallest absolute Gasteiger partial charge is 0.223 e. The first-order chi connectivity index (χ1) is 5.72. The molecule has 0 spiro atoms. The van der Waals surface area contributed by atoms with Crippen molar-refractivity contribution in [2.24, 2.45) is 11.1 Å². The van der Waals surface area contributed by atoms with Crippen molar-refractivity contribution in [1.29, 1.82) is 0 Å². The number of carbonyl (C=O) groups is 1. The lowest BCUT2D eigenvalue weighted by atomic mass is 9.87. The number of amides is 1. The van der Waals surface area contributed by atoms with Crippen LogP contribution in [0.15, 0.2) is 0 Å². The Morgan fingerprint density at radius 2 is 1.85 bits per heavy atom. The van der Waals surface area contributed by atoms with Crippen LogP contribution < -0.4 is 5.73 Å². The average molecular weight is 186 g/mol. The van der Waals surface area contributed by atoms with E-state index in [2.05, 4.69) is 20.8 Å². The molecule has 1 unspecified atom stereocenters. The fourth-order valence-corrected chi connectivity index (χ4v) is 1.27. The maximum Gasteiger partial charge on any atom is 0.223 e. The SMILES string of the molecule is CN(C)C(=O)CC(N)CC(C)(C)C. The minimum Gasteiger partial charge on any atom is -0.349 e. The monoisotopic (exact) mass is 186 g/mol. The molecule has 0 aliphatic carbocycles. The molecule has 13 heavy (non-hydrogen) atoms. The number of rotatable bonds is 3. The van der Waals surface area contributed by atoms with Crippen LogP contribution in [0.5, 0.6) is 0 Å². The van der Waals surface area contributed by atoms with Crippen molar-refractivity contribution >= 4 is 5.91 Å². The normalized spacial score (nSPS) is 14.0. The fraction of sp³-hybridized carbons (Fsp3) is 0.900. The molecule has 0 bridgehead atoms. The Morgan fingerprint density at radius 3 is 2.15 bits per heavy atom. The van der Waals surface area contributed by atoms with E-state index in [1.54, 1.807) is 19.0 Å². The number of hydrogen-bond donors (Lipinski definition) is 1. The standard InChI is InChI=1S/C10H22N2O/c1-10(2,3)7-8(11)6-9(13)12(4)5/h8H,6-7,11H2,1-5H3. The summed E-state index contributed by atoms with van der Waals surface area (Å²) in [6.45, 7) is 6.40. The molecule has 0 heterocycles. The predicted octanol–water partition coefficient (Wildman–Crippen LogP) is 1.23. The van der Waals surface area contributed by atoms with E-state index in [1.807, 2.05) is 0 Å². The highest BCUT2D eigenvalue weighted by atomic mass is 16.2. The van der Waals surface area contributed by atoms with Gasteiger partial charge in [-0.2, -0.15) is 0 Å². The maximum absolute atomic E-state index is 11.3. The van der Waals surface area contributed by atoms with Gasteiger partial charge in [0.25, 0.3) is 0 Å². The van der Waals surface area contributed by atoms with Gasteiger partial charge in [-0.15, -0.1) is 0 Å². The second-order valence-electron chi connectivity index (χ2n) is 5.02. The Balaban J connectivity index is 3.88. The van der Waals surface area contributed by atoms with Gasteiger partial charge in [0.2, 0.25) is 5.91 Å². The van der Waals surface area contributed by atoms with Gasteiger partial charge >= 0.3 is 0 Å². The topological polar surface area (TPSA) is 46.3 Å². The lowest BCUT2D eigenvalue weighted by molar-refractivity contribution is -0.129. The number of nitrogens with two attached hydrogens (primary N) is 1. The van der Waals surface area contributed by atoms with E-state index in [-0.39, 0.29) is 17.4 Å². The van der Waals surface area contributed by atoms with E-state index < -0.39 is 0 Å². The maximum atomic E-state index is 11.3. The van der Waals surface area contributed by atoms with E-state index in [0.29, 0.717) is 6.42 Å². The van der Waals surface area contributed by atoms with E-state index >= 15 is 0 Å². The summed E-state index contributed by atoms with van der Waals surface area (Å²) in [4.78, 5) is 12.9. The zero-order chi connectivity index (χ0) is 10.6. The summed E-state index contributed by atoms with van der Waals surface area (Å²) in [5.41, 5.74) is 6.05. The van der Waals surface area contributed by atoms with Crippen molar-refractivity contribution < 1.29 is 4.79 Å². The van der Waals surface area contributed by atoms with Gasteiger partial charge < -0.3 is 10.6 Å². The van der Waals surface area contributed by atoms with Crippen LogP contribution >= 0.6 is 0 Å². The highest BCUT2D eigenvalue weighted by Crippen LogP contribution is 2.21. The van der Waals surface area contributed by atoms with Gasteiger partial charge in [0, 0.05) is 26.6 Å². The molecule has 2 N–H and O–H groups in total. The zero-order valence-corrected chi connectivity index (χ0v) is 9.42. The van der Waals surface area contributed by atoms with Crippen LogP contribution in [-0.4, -0.2) is 30.9 Å². The average Bonchev–Trinajstić information content (AvgIpc) is 1.81. The second-order valence-corrected chi connectivity index (χ2v) is 5.02. The van der Waals surface area contributed by atoms with Gasteiger partial charge in [0.15, 0.2) is 0 Å². The number of carbonyl (C=O) groups excluding carboxylic acids is 1. The van der Waals surface area contributed by atoms with Crippen LogP contribution in [-0.2, 0) is 4.79 Å². The van der Waals surface area contributed by atoms with Crippen molar-refractivity contribution in [2.45, 2.75) is 39.7 Å². The van der Waals surface area contributed by atoms with Crippen molar-refractivity contribution in [3.63, 3.8) is 0 Å². The van der Waals surface area contributed by atoms with E-state index in [0.717, 1.165) is 6.42 Å². The molecular weight excluding hydrogens is 164 g/mol. The molecule has 78 valence electrons.